The van der Waals surface area contributed by atoms with Crippen molar-refractivity contribution in [2.75, 3.05) is 6.54 Å². The molecule has 0 unspecified atom stereocenters. The number of aliphatic hydroxyl groups excluding tert-OH is 1. The van der Waals surface area contributed by atoms with Crippen LogP contribution in [0.2, 0.25) is 0 Å². The van der Waals surface area contributed by atoms with Crippen LogP contribution in [-0.2, 0) is 4.79 Å². The number of carbonyl (C=O) groups is 1. The Kier molecular flexibility index (Phi) is 5.26. The highest BCUT2D eigenvalue weighted by Gasteiger charge is 2.27. The van der Waals surface area contributed by atoms with Crippen molar-refractivity contribution in [3.8, 4) is 0 Å². The van der Waals surface area contributed by atoms with Crippen molar-refractivity contribution < 1.29 is 9.90 Å². The molecule has 1 aliphatic carbocycles. The van der Waals surface area contributed by atoms with E-state index in [0.717, 1.165) is 12.8 Å². The van der Waals surface area contributed by atoms with Crippen LogP contribution in [0.1, 0.15) is 52.9 Å². The van der Waals surface area contributed by atoms with Gasteiger partial charge in [0.05, 0.1) is 6.10 Å². The average molecular weight is 227 g/mol. The van der Waals surface area contributed by atoms with Crippen LogP contribution in [0.15, 0.2) is 0 Å². The second-order valence-corrected chi connectivity index (χ2v) is 5.27. The van der Waals surface area contributed by atoms with Gasteiger partial charge >= 0.3 is 0 Å². The zero-order valence-electron chi connectivity index (χ0n) is 10.8. The van der Waals surface area contributed by atoms with Gasteiger partial charge in [0.1, 0.15) is 0 Å². The Morgan fingerprint density at radius 1 is 1.25 bits per heavy atom. The number of amides is 1. The third-order valence-electron chi connectivity index (χ3n) is 3.32. The average Bonchev–Trinajstić information content (AvgIpc) is 2.25. The number of carbonyl (C=O) groups excluding carboxylic acids is 1. The number of aliphatic hydroxyl groups is 1. The van der Waals surface area contributed by atoms with Gasteiger partial charge in [-0.15, -0.1) is 0 Å². The number of nitrogens with zero attached hydrogens (tertiary/aromatic N) is 1. The maximum atomic E-state index is 12.3. The zero-order valence-corrected chi connectivity index (χ0v) is 10.8. The molecule has 1 rings (SSSR count). The van der Waals surface area contributed by atoms with Gasteiger partial charge in [-0.1, -0.05) is 19.3 Å². The summed E-state index contributed by atoms with van der Waals surface area (Å²) in [6, 6.07) is 0.184. The van der Waals surface area contributed by atoms with Crippen LogP contribution in [0.3, 0.4) is 0 Å². The Morgan fingerprint density at radius 3 is 2.25 bits per heavy atom. The highest BCUT2D eigenvalue weighted by atomic mass is 16.3. The monoisotopic (exact) mass is 227 g/mol. The maximum Gasteiger partial charge on any atom is 0.225 e. The van der Waals surface area contributed by atoms with Crippen molar-refractivity contribution in [3.05, 3.63) is 0 Å². The molecule has 3 nitrogen and oxygen atoms in total. The lowest BCUT2D eigenvalue weighted by Crippen LogP contribution is -2.44. The smallest absolute Gasteiger partial charge is 0.225 e. The van der Waals surface area contributed by atoms with Crippen molar-refractivity contribution in [2.24, 2.45) is 5.92 Å². The van der Waals surface area contributed by atoms with E-state index < -0.39 is 6.10 Å². The largest absolute Gasteiger partial charge is 0.392 e. The van der Waals surface area contributed by atoms with E-state index in [1.807, 2.05) is 18.7 Å². The van der Waals surface area contributed by atoms with Crippen molar-refractivity contribution in [3.63, 3.8) is 0 Å². The third kappa shape index (κ3) is 3.78. The molecule has 16 heavy (non-hydrogen) atoms. The molecule has 1 fully saturated rings. The van der Waals surface area contributed by atoms with Gasteiger partial charge in [0.15, 0.2) is 0 Å². The first-order chi connectivity index (χ1) is 7.52. The molecule has 0 spiro atoms. The summed E-state index contributed by atoms with van der Waals surface area (Å²) in [4.78, 5) is 14.1. The van der Waals surface area contributed by atoms with Gasteiger partial charge in [-0.2, -0.15) is 0 Å². The minimum atomic E-state index is -0.435. The fourth-order valence-corrected chi connectivity index (χ4v) is 2.42. The normalized spacial score (nSPS) is 19.8. The summed E-state index contributed by atoms with van der Waals surface area (Å²) in [6.45, 7) is 6.24. The third-order valence-corrected chi connectivity index (χ3v) is 3.32. The molecule has 0 aromatic heterocycles. The molecule has 0 radical (unpaired) electrons. The first-order valence-electron chi connectivity index (χ1n) is 6.51. The van der Waals surface area contributed by atoms with Gasteiger partial charge in [-0.3, -0.25) is 4.79 Å². The van der Waals surface area contributed by atoms with E-state index in [1.54, 1.807) is 6.92 Å². The van der Waals surface area contributed by atoms with Gasteiger partial charge in [0.2, 0.25) is 5.91 Å². The molecule has 0 aromatic rings. The maximum absolute atomic E-state index is 12.3. The van der Waals surface area contributed by atoms with Gasteiger partial charge < -0.3 is 10.0 Å². The van der Waals surface area contributed by atoms with E-state index >= 15 is 0 Å². The minimum absolute atomic E-state index is 0.184. The predicted octanol–water partition coefficient (Wildman–Crippen LogP) is 2.18. The number of hydrogen-bond acceptors (Lipinski definition) is 2. The topological polar surface area (TPSA) is 40.5 Å². The Bertz CT molecular complexity index is 220. The van der Waals surface area contributed by atoms with Crippen LogP contribution in [0.25, 0.3) is 0 Å². The highest BCUT2D eigenvalue weighted by molar-refractivity contribution is 5.79. The Balaban J connectivity index is 2.58. The van der Waals surface area contributed by atoms with Gasteiger partial charge in [0, 0.05) is 18.5 Å². The molecule has 0 aromatic carbocycles. The van der Waals surface area contributed by atoms with Crippen LogP contribution >= 0.6 is 0 Å². The molecule has 0 heterocycles. The molecule has 1 saturated carbocycles. The van der Waals surface area contributed by atoms with E-state index in [9.17, 15) is 9.90 Å². The van der Waals surface area contributed by atoms with Crippen LogP contribution in [0, 0.1) is 5.92 Å². The molecule has 1 atom stereocenters. The lowest BCUT2D eigenvalue weighted by atomic mass is 9.88. The summed E-state index contributed by atoms with van der Waals surface area (Å²) < 4.78 is 0. The van der Waals surface area contributed by atoms with Crippen molar-refractivity contribution in [1.29, 1.82) is 0 Å². The van der Waals surface area contributed by atoms with Crippen molar-refractivity contribution >= 4 is 5.91 Å². The Morgan fingerprint density at radius 2 is 1.81 bits per heavy atom. The summed E-state index contributed by atoms with van der Waals surface area (Å²) in [5, 5.41) is 9.43. The molecular weight excluding hydrogens is 202 g/mol. The molecular formula is C13H25NO2. The van der Waals surface area contributed by atoms with E-state index in [2.05, 4.69) is 0 Å². The molecule has 0 aliphatic heterocycles. The van der Waals surface area contributed by atoms with E-state index in [0.29, 0.717) is 6.54 Å². The second-order valence-electron chi connectivity index (χ2n) is 5.27. The predicted molar refractivity (Wildman–Crippen MR) is 65.1 cm³/mol. The van der Waals surface area contributed by atoms with Crippen molar-refractivity contribution in [2.45, 2.75) is 65.0 Å². The molecule has 94 valence electrons. The molecule has 1 aliphatic rings. The van der Waals surface area contributed by atoms with Crippen LogP contribution < -0.4 is 0 Å². The lowest BCUT2D eigenvalue weighted by Gasteiger charge is -2.33. The number of rotatable bonds is 4. The minimum Gasteiger partial charge on any atom is -0.392 e. The van der Waals surface area contributed by atoms with Gasteiger partial charge in [0.25, 0.3) is 0 Å². The standard InChI is InChI=1S/C13H25NO2/c1-10(2)14(9-11(3)15)13(16)12-7-5-4-6-8-12/h10-12,15H,4-9H2,1-3H3/t11-/m0/s1. The van der Waals surface area contributed by atoms with Crippen LogP contribution in [0.4, 0.5) is 0 Å². The SMILES string of the molecule is CC(C)N(C[C@H](C)O)C(=O)C1CCCCC1. The first kappa shape index (κ1) is 13.5. The second kappa shape index (κ2) is 6.24. The summed E-state index contributed by atoms with van der Waals surface area (Å²) >= 11 is 0. The Labute approximate surface area is 98.8 Å². The lowest BCUT2D eigenvalue weighted by molar-refractivity contribution is -0.139. The first-order valence-corrected chi connectivity index (χ1v) is 6.51. The van der Waals surface area contributed by atoms with Crippen LogP contribution in [0.5, 0.6) is 0 Å². The highest BCUT2D eigenvalue weighted by Crippen LogP contribution is 2.26. The van der Waals surface area contributed by atoms with E-state index in [-0.39, 0.29) is 17.9 Å². The summed E-state index contributed by atoms with van der Waals surface area (Å²) in [6.07, 6.45) is 5.24. The fourth-order valence-electron chi connectivity index (χ4n) is 2.42. The summed E-state index contributed by atoms with van der Waals surface area (Å²) in [5.41, 5.74) is 0. The molecule has 1 N–H and O–H groups in total. The van der Waals surface area contributed by atoms with Gasteiger partial charge in [-0.05, 0) is 33.6 Å². The summed E-state index contributed by atoms with van der Waals surface area (Å²) in [7, 11) is 0. The zero-order chi connectivity index (χ0) is 12.1. The van der Waals surface area contributed by atoms with E-state index in [4.69, 9.17) is 0 Å². The molecule has 3 heteroatoms. The molecule has 0 bridgehead atoms. The molecule has 1 amide bonds. The number of hydrogen-bond donors (Lipinski definition) is 1. The quantitative estimate of drug-likeness (QED) is 0.799. The summed E-state index contributed by atoms with van der Waals surface area (Å²) in [5.74, 6) is 0.450. The Hall–Kier alpha value is -0.570. The fraction of sp³-hybridized carbons (Fsp3) is 0.923. The van der Waals surface area contributed by atoms with E-state index in [1.165, 1.54) is 19.3 Å². The van der Waals surface area contributed by atoms with Crippen LogP contribution in [-0.4, -0.2) is 34.6 Å². The van der Waals surface area contributed by atoms with Crippen molar-refractivity contribution in [1.82, 2.24) is 4.90 Å². The molecule has 0 saturated heterocycles. The van der Waals surface area contributed by atoms with Gasteiger partial charge in [-0.25, -0.2) is 0 Å².